The molecule has 0 aromatic heterocycles. The van der Waals surface area contributed by atoms with Gasteiger partial charge in [-0.05, 0) is 53.8 Å². The number of hydrogen-bond donors (Lipinski definition) is 4. The highest BCUT2D eigenvalue weighted by molar-refractivity contribution is 5.92. The third kappa shape index (κ3) is 5.73. The van der Waals surface area contributed by atoms with E-state index >= 15 is 0 Å². The summed E-state index contributed by atoms with van der Waals surface area (Å²) in [5, 5.41) is 13.1. The number of carbonyl (C=O) groups is 3. The van der Waals surface area contributed by atoms with Gasteiger partial charge in [0.1, 0.15) is 17.8 Å². The maximum atomic E-state index is 13.4. The van der Waals surface area contributed by atoms with E-state index in [2.05, 4.69) is 5.32 Å². The second-order valence-electron chi connectivity index (χ2n) is 8.54. The highest BCUT2D eigenvalue weighted by Gasteiger charge is 2.33. The molecular formula is C25H32N4O5. The van der Waals surface area contributed by atoms with Gasteiger partial charge < -0.3 is 31.5 Å². The first-order valence-electron chi connectivity index (χ1n) is 11.3. The Morgan fingerprint density at radius 1 is 1.18 bits per heavy atom. The quantitative estimate of drug-likeness (QED) is 0.483. The number of aromatic hydroxyl groups is 1. The first kappa shape index (κ1) is 25.2. The molecule has 4 bridgehead atoms. The number of rotatable bonds is 4. The molecule has 34 heavy (non-hydrogen) atoms. The number of nitrogens with zero attached hydrogens (tertiary/aromatic N) is 1. The summed E-state index contributed by atoms with van der Waals surface area (Å²) in [5.41, 5.74) is 14.8. The SMILES string of the molecule is COC(=O)[C@@H]1Cc2cccc(c2)-c2ccc(O)c(c2)C[C@H](N)C(=O)N[C@@H](CCCN)C(=O)N1C. The van der Waals surface area contributed by atoms with Crippen LogP contribution in [0.15, 0.2) is 42.5 Å². The van der Waals surface area contributed by atoms with Crippen molar-refractivity contribution in [1.29, 1.82) is 0 Å². The van der Waals surface area contributed by atoms with Crippen LogP contribution in [0, 0.1) is 0 Å². The van der Waals surface area contributed by atoms with Crippen molar-refractivity contribution >= 4 is 17.8 Å². The van der Waals surface area contributed by atoms with E-state index in [0.717, 1.165) is 16.7 Å². The number of likely N-dealkylation sites (N-methyl/N-ethyl adjacent to an activating group) is 1. The molecule has 0 unspecified atom stereocenters. The van der Waals surface area contributed by atoms with Crippen LogP contribution in [0.1, 0.15) is 24.0 Å². The van der Waals surface area contributed by atoms with Crippen LogP contribution in [-0.2, 0) is 32.0 Å². The van der Waals surface area contributed by atoms with Gasteiger partial charge in [0.15, 0.2) is 0 Å². The van der Waals surface area contributed by atoms with Gasteiger partial charge in [-0.15, -0.1) is 0 Å². The molecule has 0 saturated carbocycles. The van der Waals surface area contributed by atoms with E-state index in [1.165, 1.54) is 19.1 Å². The lowest BCUT2D eigenvalue weighted by Gasteiger charge is -2.30. The van der Waals surface area contributed by atoms with Crippen LogP contribution in [0.4, 0.5) is 0 Å². The van der Waals surface area contributed by atoms with Crippen LogP contribution in [0.2, 0.25) is 0 Å². The van der Waals surface area contributed by atoms with Crippen LogP contribution >= 0.6 is 0 Å². The van der Waals surface area contributed by atoms with Crippen molar-refractivity contribution < 1.29 is 24.2 Å². The second kappa shape index (κ2) is 11.1. The van der Waals surface area contributed by atoms with Crippen LogP contribution in [0.5, 0.6) is 5.75 Å². The van der Waals surface area contributed by atoms with E-state index in [1.807, 2.05) is 24.3 Å². The van der Waals surface area contributed by atoms with Gasteiger partial charge in [-0.3, -0.25) is 9.59 Å². The summed E-state index contributed by atoms with van der Waals surface area (Å²) >= 11 is 0. The Balaban J connectivity index is 2.10. The lowest BCUT2D eigenvalue weighted by molar-refractivity contribution is -0.152. The highest BCUT2D eigenvalue weighted by Crippen LogP contribution is 2.28. The molecule has 0 fully saturated rings. The molecule has 1 heterocycles. The van der Waals surface area contributed by atoms with E-state index in [1.54, 1.807) is 18.2 Å². The first-order valence-corrected chi connectivity index (χ1v) is 11.3. The average Bonchev–Trinajstić information content (AvgIpc) is 2.84. The predicted molar refractivity (Wildman–Crippen MR) is 128 cm³/mol. The number of hydrogen-bond acceptors (Lipinski definition) is 7. The summed E-state index contributed by atoms with van der Waals surface area (Å²) in [7, 11) is 2.80. The molecule has 9 heteroatoms. The van der Waals surface area contributed by atoms with Crippen molar-refractivity contribution in [2.45, 2.75) is 43.8 Å². The third-order valence-corrected chi connectivity index (χ3v) is 6.15. The Bertz CT molecular complexity index is 1060. The molecule has 2 aromatic carbocycles. The van der Waals surface area contributed by atoms with Crippen LogP contribution in [-0.4, -0.2) is 66.6 Å². The van der Waals surface area contributed by atoms with Crippen molar-refractivity contribution in [2.75, 3.05) is 20.7 Å². The zero-order valence-corrected chi connectivity index (χ0v) is 19.5. The molecule has 6 N–H and O–H groups in total. The van der Waals surface area contributed by atoms with Gasteiger partial charge in [0.25, 0.3) is 0 Å². The van der Waals surface area contributed by atoms with Crippen molar-refractivity contribution in [3.05, 3.63) is 53.6 Å². The molecule has 0 saturated heterocycles. The number of nitrogens with two attached hydrogens (primary N) is 2. The largest absolute Gasteiger partial charge is 0.508 e. The second-order valence-corrected chi connectivity index (χ2v) is 8.54. The molecule has 2 amide bonds. The summed E-state index contributed by atoms with van der Waals surface area (Å²) in [4.78, 5) is 40.3. The number of benzene rings is 2. The summed E-state index contributed by atoms with van der Waals surface area (Å²) in [5.74, 6) is -1.48. The Hall–Kier alpha value is -3.43. The number of amides is 2. The summed E-state index contributed by atoms with van der Waals surface area (Å²) in [6.07, 6.45) is 1.10. The van der Waals surface area contributed by atoms with Crippen molar-refractivity contribution in [3.8, 4) is 16.9 Å². The first-order chi connectivity index (χ1) is 16.2. The van der Waals surface area contributed by atoms with E-state index < -0.39 is 35.9 Å². The smallest absolute Gasteiger partial charge is 0.328 e. The van der Waals surface area contributed by atoms with Gasteiger partial charge in [-0.25, -0.2) is 4.79 Å². The number of ether oxygens (including phenoxy) is 1. The molecule has 1 aliphatic rings. The average molecular weight is 469 g/mol. The van der Waals surface area contributed by atoms with Crippen LogP contribution in [0.3, 0.4) is 0 Å². The Morgan fingerprint density at radius 2 is 1.91 bits per heavy atom. The van der Waals surface area contributed by atoms with Crippen LogP contribution in [0.25, 0.3) is 11.1 Å². The summed E-state index contributed by atoms with van der Waals surface area (Å²) in [6, 6.07) is 9.93. The fourth-order valence-corrected chi connectivity index (χ4v) is 4.13. The number of phenols is 1. The molecule has 0 aliphatic carbocycles. The van der Waals surface area contributed by atoms with Gasteiger partial charge in [-0.2, -0.15) is 0 Å². The predicted octanol–water partition coefficient (Wildman–Crippen LogP) is 0.709. The van der Waals surface area contributed by atoms with E-state index in [9.17, 15) is 19.5 Å². The lowest BCUT2D eigenvalue weighted by atomic mass is 9.96. The Kier molecular flexibility index (Phi) is 8.25. The molecule has 9 nitrogen and oxygen atoms in total. The van der Waals surface area contributed by atoms with E-state index in [4.69, 9.17) is 16.2 Å². The standard InChI is InChI=1S/C25H32N4O5/c1-29-21(25(33)34-2)12-15-5-3-6-16(11-15)17-8-9-22(30)18(13-17)14-19(27)23(31)28-20(24(29)32)7-4-10-26/h3,5-6,8-9,11,13,19-21,30H,4,7,10,12,14,26-27H2,1-2H3,(H,28,31)/t19-,20-,21-/m0/s1. The van der Waals surface area contributed by atoms with Gasteiger partial charge in [0, 0.05) is 19.9 Å². The van der Waals surface area contributed by atoms with Crippen LogP contribution < -0.4 is 16.8 Å². The number of methoxy groups -OCH3 is 1. The maximum absolute atomic E-state index is 13.4. The highest BCUT2D eigenvalue weighted by atomic mass is 16.5. The molecule has 0 radical (unpaired) electrons. The molecule has 182 valence electrons. The Labute approximate surface area is 199 Å². The molecule has 3 atom stereocenters. The van der Waals surface area contributed by atoms with Crippen molar-refractivity contribution in [3.63, 3.8) is 0 Å². The minimum atomic E-state index is -0.993. The minimum absolute atomic E-state index is 0.0358. The summed E-state index contributed by atoms with van der Waals surface area (Å²) < 4.78 is 4.98. The van der Waals surface area contributed by atoms with E-state index in [0.29, 0.717) is 24.9 Å². The normalized spacial score (nSPS) is 21.3. The molecule has 1 aliphatic heterocycles. The van der Waals surface area contributed by atoms with E-state index in [-0.39, 0.29) is 18.6 Å². The fraction of sp³-hybridized carbons (Fsp3) is 0.400. The molecule has 3 rings (SSSR count). The number of fused-ring (bicyclic) bond motifs is 5. The molecular weight excluding hydrogens is 436 g/mol. The number of carbonyl (C=O) groups excluding carboxylic acids is 3. The van der Waals surface area contributed by atoms with Gasteiger partial charge >= 0.3 is 5.97 Å². The third-order valence-electron chi connectivity index (χ3n) is 6.15. The lowest BCUT2D eigenvalue weighted by Crippen LogP contribution is -2.55. The number of nitrogens with one attached hydrogen (secondary N) is 1. The minimum Gasteiger partial charge on any atom is -0.508 e. The van der Waals surface area contributed by atoms with Crippen molar-refractivity contribution in [2.24, 2.45) is 11.5 Å². The fourth-order valence-electron chi connectivity index (χ4n) is 4.13. The van der Waals surface area contributed by atoms with Crippen molar-refractivity contribution in [1.82, 2.24) is 10.2 Å². The number of phenolic OH excluding ortho intramolecular Hbond substituents is 1. The van der Waals surface area contributed by atoms with Gasteiger partial charge in [0.2, 0.25) is 11.8 Å². The summed E-state index contributed by atoms with van der Waals surface area (Å²) in [6.45, 7) is 0.337. The van der Waals surface area contributed by atoms with Gasteiger partial charge in [0.05, 0.1) is 13.2 Å². The number of esters is 1. The van der Waals surface area contributed by atoms with Gasteiger partial charge in [-0.1, -0.05) is 30.3 Å². The zero-order chi connectivity index (χ0) is 24.8. The molecule has 0 spiro atoms. The monoisotopic (exact) mass is 468 g/mol. The molecule has 2 aromatic rings. The Morgan fingerprint density at radius 3 is 2.62 bits per heavy atom. The topological polar surface area (TPSA) is 148 Å². The zero-order valence-electron chi connectivity index (χ0n) is 19.5. The maximum Gasteiger partial charge on any atom is 0.328 e.